The molecular formula is C21H21F4N3. The zero-order valence-corrected chi connectivity index (χ0v) is 15.5. The van der Waals surface area contributed by atoms with E-state index in [4.69, 9.17) is 0 Å². The van der Waals surface area contributed by atoms with E-state index < -0.39 is 11.7 Å². The first-order chi connectivity index (χ1) is 13.4. The molecule has 0 N–H and O–H groups in total. The zero-order valence-electron chi connectivity index (χ0n) is 15.5. The standard InChI is InChI=1S/C21H21F4N3/c1-2-27-7-6-20-18(13-27)17-10-15(21(23,24)25)3-4-19(17)28(20)8-5-14-9-16(22)12-26-11-14/h3-4,9-13,20H,2,5-8H2,1H3. The maximum absolute atomic E-state index is 13.4. The van der Waals surface area contributed by atoms with E-state index in [1.165, 1.54) is 12.1 Å². The summed E-state index contributed by atoms with van der Waals surface area (Å²) in [4.78, 5) is 8.17. The number of benzene rings is 1. The SMILES string of the molecule is CCN1C=C2c3cc(C(F)(F)F)ccc3N(CCc3cncc(F)c3)C2CC1. The average molecular weight is 391 g/mol. The van der Waals surface area contributed by atoms with Crippen LogP contribution in [-0.4, -0.2) is 35.6 Å². The topological polar surface area (TPSA) is 19.4 Å². The van der Waals surface area contributed by atoms with Crippen molar-refractivity contribution in [2.24, 2.45) is 0 Å². The van der Waals surface area contributed by atoms with Crippen LogP contribution in [0.3, 0.4) is 0 Å². The van der Waals surface area contributed by atoms with Crippen LogP contribution in [0.2, 0.25) is 0 Å². The van der Waals surface area contributed by atoms with Gasteiger partial charge >= 0.3 is 6.18 Å². The summed E-state index contributed by atoms with van der Waals surface area (Å²) < 4.78 is 53.1. The van der Waals surface area contributed by atoms with E-state index in [0.717, 1.165) is 48.6 Å². The number of aromatic nitrogens is 1. The Labute approximate surface area is 161 Å². The first-order valence-corrected chi connectivity index (χ1v) is 9.40. The van der Waals surface area contributed by atoms with Gasteiger partial charge in [0.15, 0.2) is 0 Å². The lowest BCUT2D eigenvalue weighted by atomic mass is 9.96. The molecule has 0 saturated heterocycles. The number of hydrogen-bond donors (Lipinski definition) is 0. The van der Waals surface area contributed by atoms with Crippen molar-refractivity contribution in [3.8, 4) is 0 Å². The highest BCUT2D eigenvalue weighted by molar-refractivity contribution is 5.88. The van der Waals surface area contributed by atoms with Gasteiger partial charge < -0.3 is 9.80 Å². The van der Waals surface area contributed by atoms with Gasteiger partial charge in [0.05, 0.1) is 17.8 Å². The molecule has 4 rings (SSSR count). The van der Waals surface area contributed by atoms with E-state index in [0.29, 0.717) is 18.5 Å². The lowest BCUT2D eigenvalue weighted by molar-refractivity contribution is -0.137. The molecule has 0 saturated carbocycles. The molecule has 1 aromatic heterocycles. The summed E-state index contributed by atoms with van der Waals surface area (Å²) in [5, 5.41) is 0. The molecule has 2 aliphatic rings. The smallest absolute Gasteiger partial charge is 0.377 e. The second-order valence-corrected chi connectivity index (χ2v) is 7.20. The maximum Gasteiger partial charge on any atom is 0.416 e. The van der Waals surface area contributed by atoms with Crippen molar-refractivity contribution in [2.45, 2.75) is 32.0 Å². The number of fused-ring (bicyclic) bond motifs is 3. The van der Waals surface area contributed by atoms with Gasteiger partial charge in [0.25, 0.3) is 0 Å². The Kier molecular flexibility index (Phi) is 4.77. The van der Waals surface area contributed by atoms with E-state index in [-0.39, 0.29) is 11.9 Å². The molecule has 0 amide bonds. The van der Waals surface area contributed by atoms with Gasteiger partial charge in [-0.05, 0) is 55.2 Å². The van der Waals surface area contributed by atoms with Crippen LogP contribution >= 0.6 is 0 Å². The van der Waals surface area contributed by atoms with Crippen molar-refractivity contribution >= 4 is 11.3 Å². The van der Waals surface area contributed by atoms with Gasteiger partial charge in [0.1, 0.15) is 5.82 Å². The fourth-order valence-corrected chi connectivity index (χ4v) is 4.09. The molecule has 1 atom stereocenters. The van der Waals surface area contributed by atoms with Crippen molar-refractivity contribution < 1.29 is 17.6 Å². The normalized spacial score (nSPS) is 18.8. The van der Waals surface area contributed by atoms with Crippen LogP contribution in [0.25, 0.3) is 5.57 Å². The van der Waals surface area contributed by atoms with Crippen LogP contribution < -0.4 is 4.90 Å². The summed E-state index contributed by atoms with van der Waals surface area (Å²) in [5.41, 5.74) is 2.54. The molecule has 1 aromatic carbocycles. The first kappa shape index (κ1) is 18.8. The molecule has 2 aliphatic heterocycles. The fourth-order valence-electron chi connectivity index (χ4n) is 4.09. The average Bonchev–Trinajstić information content (AvgIpc) is 2.98. The summed E-state index contributed by atoms with van der Waals surface area (Å²) in [5.74, 6) is -0.383. The molecule has 7 heteroatoms. The number of hydrogen-bond acceptors (Lipinski definition) is 3. The van der Waals surface area contributed by atoms with Crippen LogP contribution in [0.1, 0.15) is 30.0 Å². The molecule has 0 bridgehead atoms. The Morgan fingerprint density at radius 3 is 2.71 bits per heavy atom. The van der Waals surface area contributed by atoms with E-state index in [9.17, 15) is 17.6 Å². The molecule has 0 radical (unpaired) electrons. The lowest BCUT2D eigenvalue weighted by Crippen LogP contribution is -2.39. The van der Waals surface area contributed by atoms with Crippen molar-refractivity contribution in [3.05, 3.63) is 65.4 Å². The van der Waals surface area contributed by atoms with Gasteiger partial charge in [-0.25, -0.2) is 4.39 Å². The monoisotopic (exact) mass is 391 g/mol. The van der Waals surface area contributed by atoms with Crippen molar-refractivity contribution in [1.82, 2.24) is 9.88 Å². The molecule has 3 heterocycles. The third-order valence-corrected chi connectivity index (χ3v) is 5.50. The predicted molar refractivity (Wildman–Crippen MR) is 100 cm³/mol. The highest BCUT2D eigenvalue weighted by Crippen LogP contribution is 2.45. The highest BCUT2D eigenvalue weighted by atomic mass is 19.4. The number of anilines is 1. The summed E-state index contributed by atoms with van der Waals surface area (Å²) in [6.45, 7) is 4.31. The number of pyridine rings is 1. The maximum atomic E-state index is 13.4. The van der Waals surface area contributed by atoms with Crippen LogP contribution in [0.4, 0.5) is 23.2 Å². The lowest BCUT2D eigenvalue weighted by Gasteiger charge is -2.34. The minimum atomic E-state index is -4.37. The fraction of sp³-hybridized carbons (Fsp3) is 0.381. The predicted octanol–water partition coefficient (Wildman–Crippen LogP) is 4.74. The molecule has 148 valence electrons. The minimum absolute atomic E-state index is 0.0443. The summed E-state index contributed by atoms with van der Waals surface area (Å²) in [6, 6.07) is 5.47. The van der Waals surface area contributed by atoms with E-state index in [1.54, 1.807) is 12.3 Å². The third-order valence-electron chi connectivity index (χ3n) is 5.50. The molecule has 3 nitrogen and oxygen atoms in total. The van der Waals surface area contributed by atoms with E-state index >= 15 is 0 Å². The molecule has 0 aliphatic carbocycles. The molecule has 2 aromatic rings. The van der Waals surface area contributed by atoms with E-state index in [2.05, 4.69) is 14.8 Å². The zero-order chi connectivity index (χ0) is 19.9. The highest BCUT2D eigenvalue weighted by Gasteiger charge is 2.39. The first-order valence-electron chi connectivity index (χ1n) is 9.40. The second-order valence-electron chi connectivity index (χ2n) is 7.20. The van der Waals surface area contributed by atoms with Gasteiger partial charge in [-0.15, -0.1) is 0 Å². The van der Waals surface area contributed by atoms with Crippen molar-refractivity contribution in [2.75, 3.05) is 24.5 Å². The Balaban J connectivity index is 1.68. The quantitative estimate of drug-likeness (QED) is 0.702. The Hall–Kier alpha value is -2.57. The Morgan fingerprint density at radius 1 is 1.18 bits per heavy atom. The van der Waals surface area contributed by atoms with Crippen LogP contribution in [0.5, 0.6) is 0 Å². The third kappa shape index (κ3) is 3.45. The molecule has 0 spiro atoms. The van der Waals surface area contributed by atoms with Gasteiger partial charge in [-0.1, -0.05) is 0 Å². The Morgan fingerprint density at radius 2 is 2.00 bits per heavy atom. The van der Waals surface area contributed by atoms with Gasteiger partial charge in [0, 0.05) is 43.3 Å². The van der Waals surface area contributed by atoms with Gasteiger partial charge in [-0.3, -0.25) is 4.98 Å². The summed E-state index contributed by atoms with van der Waals surface area (Å²) >= 11 is 0. The largest absolute Gasteiger partial charge is 0.416 e. The molecule has 28 heavy (non-hydrogen) atoms. The van der Waals surface area contributed by atoms with Gasteiger partial charge in [0.2, 0.25) is 0 Å². The second kappa shape index (κ2) is 7.11. The molecule has 0 fully saturated rings. The Bertz CT molecular complexity index is 907. The van der Waals surface area contributed by atoms with Crippen LogP contribution in [0.15, 0.2) is 42.9 Å². The summed E-state index contributed by atoms with van der Waals surface area (Å²) in [6.07, 6.45) is 1.84. The van der Waals surface area contributed by atoms with Crippen molar-refractivity contribution in [3.63, 3.8) is 0 Å². The number of nitrogens with zero attached hydrogens (tertiary/aromatic N) is 3. The van der Waals surface area contributed by atoms with Crippen LogP contribution in [0, 0.1) is 5.82 Å². The van der Waals surface area contributed by atoms with Crippen molar-refractivity contribution in [1.29, 1.82) is 0 Å². The van der Waals surface area contributed by atoms with Gasteiger partial charge in [-0.2, -0.15) is 13.2 Å². The summed E-state index contributed by atoms with van der Waals surface area (Å²) in [7, 11) is 0. The number of halogens is 4. The number of alkyl halides is 3. The van der Waals surface area contributed by atoms with E-state index in [1.807, 2.05) is 13.1 Å². The molecule has 1 unspecified atom stereocenters. The molecular weight excluding hydrogens is 370 g/mol. The number of rotatable bonds is 4. The van der Waals surface area contributed by atoms with Crippen LogP contribution in [-0.2, 0) is 12.6 Å². The minimum Gasteiger partial charge on any atom is -0.377 e.